The molecule has 8 heterocycles. The summed E-state index contributed by atoms with van der Waals surface area (Å²) in [7, 11) is 0. The fourth-order valence-electron chi connectivity index (χ4n) is 6.88. The highest BCUT2D eigenvalue weighted by molar-refractivity contribution is 5.56. The van der Waals surface area contributed by atoms with Gasteiger partial charge in [-0.15, -0.1) is 0 Å². The topological polar surface area (TPSA) is 19.7 Å². The van der Waals surface area contributed by atoms with Crippen molar-refractivity contribution in [1.82, 2.24) is 23.0 Å². The van der Waals surface area contributed by atoms with Crippen LogP contribution in [0.2, 0.25) is 0 Å². The van der Waals surface area contributed by atoms with E-state index in [2.05, 4.69) is 243 Å². The van der Waals surface area contributed by atoms with Crippen LogP contribution in [-0.4, -0.2) is 23.0 Å². The van der Waals surface area contributed by atoms with E-state index in [0.717, 1.165) is 11.4 Å². The molecule has 0 saturated heterocycles. The first-order valence-electron chi connectivity index (χ1n) is 26.3. The number of allylic oxidation sites excluding steroid dienone is 6. The van der Waals surface area contributed by atoms with Gasteiger partial charge in [0.1, 0.15) is 0 Å². The summed E-state index contributed by atoms with van der Waals surface area (Å²) in [6.45, 7) is 57.2. The molecule has 8 rings (SSSR count). The molecule has 0 unspecified atom stereocenters. The van der Waals surface area contributed by atoms with Crippen LogP contribution in [0.4, 0.5) is 0 Å². The molecular weight excluding hydrogens is 851 g/mol. The van der Waals surface area contributed by atoms with Crippen LogP contribution in [0, 0.1) is 11.8 Å². The van der Waals surface area contributed by atoms with Gasteiger partial charge in [-0.3, -0.25) is 0 Å². The predicted octanol–water partition coefficient (Wildman–Crippen LogP) is 20.4. The maximum absolute atomic E-state index is 3.93. The summed E-state index contributed by atoms with van der Waals surface area (Å²) in [5, 5.41) is 0. The van der Waals surface area contributed by atoms with Crippen molar-refractivity contribution in [2.24, 2.45) is 11.8 Å². The van der Waals surface area contributed by atoms with Crippen LogP contribution in [0.25, 0.3) is 16.6 Å². The van der Waals surface area contributed by atoms with Gasteiger partial charge >= 0.3 is 0 Å². The van der Waals surface area contributed by atoms with Crippen LogP contribution < -0.4 is 0 Å². The Labute approximate surface area is 430 Å². The third-order valence-corrected chi connectivity index (χ3v) is 10.5. The summed E-state index contributed by atoms with van der Waals surface area (Å²) in [4.78, 5) is 3.85. The first kappa shape index (κ1) is 65.9. The molecule has 0 fully saturated rings. The molecule has 0 atom stereocenters. The van der Waals surface area contributed by atoms with E-state index >= 15 is 0 Å². The van der Waals surface area contributed by atoms with Crippen LogP contribution in [0.1, 0.15) is 173 Å². The summed E-state index contributed by atoms with van der Waals surface area (Å²) in [6, 6.07) is 29.8. The number of rotatable bonds is 7. The van der Waals surface area contributed by atoms with Gasteiger partial charge in [-0.25, -0.2) is 0 Å². The number of pyridine rings is 3. The smallest absolute Gasteiger partial charge is 0.0484 e. The lowest BCUT2D eigenvalue weighted by atomic mass is 10.0. The molecule has 2 aliphatic heterocycles. The quantitative estimate of drug-likeness (QED) is 0.159. The lowest BCUT2D eigenvalue weighted by Gasteiger charge is -2.22. The van der Waals surface area contributed by atoms with Gasteiger partial charge in [-0.2, -0.15) is 0 Å². The normalized spacial score (nSPS) is 12.0. The first-order valence-corrected chi connectivity index (χ1v) is 26.3. The van der Waals surface area contributed by atoms with E-state index < -0.39 is 0 Å². The maximum atomic E-state index is 3.93. The SMILES string of the molecule is C=CN1C=C(C(C)C)C=CC1=C.C=CN1C=CC(C(C)C)=CC1=C.CC.CC.CC.CC.CC.CC(C)c1ccc2ccccn12.CC(C)c1cccc2cccn12.CC(C)c1cccn2cccc12. The molecule has 0 bridgehead atoms. The molecule has 0 radical (unpaired) electrons. The Morgan fingerprint density at radius 1 is 0.414 bits per heavy atom. The summed E-state index contributed by atoms with van der Waals surface area (Å²) < 4.78 is 6.64. The van der Waals surface area contributed by atoms with Gasteiger partial charge < -0.3 is 23.0 Å². The second-order valence-electron chi connectivity index (χ2n) is 16.6. The van der Waals surface area contributed by atoms with Crippen LogP contribution in [0.3, 0.4) is 0 Å². The zero-order valence-electron chi connectivity index (χ0n) is 48.0. The molecule has 2 aliphatic rings. The largest absolute Gasteiger partial charge is 0.325 e. The minimum absolute atomic E-state index is 0.553. The third-order valence-electron chi connectivity index (χ3n) is 10.5. The van der Waals surface area contributed by atoms with Gasteiger partial charge in [0.15, 0.2) is 0 Å². The summed E-state index contributed by atoms with van der Waals surface area (Å²) >= 11 is 0. The van der Waals surface area contributed by atoms with Gasteiger partial charge in [-0.1, -0.05) is 189 Å². The van der Waals surface area contributed by atoms with Gasteiger partial charge in [0, 0.05) is 88.9 Å². The lowest BCUT2D eigenvalue weighted by Crippen LogP contribution is -2.11. The zero-order chi connectivity index (χ0) is 53.9. The molecule has 0 saturated carbocycles. The highest BCUT2D eigenvalue weighted by Crippen LogP contribution is 2.23. The summed E-state index contributed by atoms with van der Waals surface area (Å²) in [5.74, 6) is 2.89. The first-order chi connectivity index (χ1) is 33.7. The fraction of sp³-hybridized carbons (Fsp3) is 0.385. The molecule has 0 amide bonds. The molecule has 0 N–H and O–H groups in total. The molecule has 384 valence electrons. The van der Waals surface area contributed by atoms with Gasteiger partial charge in [0.05, 0.1) is 0 Å². The third kappa shape index (κ3) is 21.2. The monoisotopic (exact) mass is 950 g/mol. The molecule has 5 heteroatoms. The number of hydrogen-bond acceptors (Lipinski definition) is 2. The van der Waals surface area contributed by atoms with Crippen molar-refractivity contribution >= 4 is 16.6 Å². The highest BCUT2D eigenvalue weighted by Gasteiger charge is 2.09. The average molecular weight is 951 g/mol. The van der Waals surface area contributed by atoms with Crippen LogP contribution in [0.15, 0.2) is 208 Å². The second kappa shape index (κ2) is 37.7. The predicted molar refractivity (Wildman–Crippen MR) is 318 cm³/mol. The summed E-state index contributed by atoms with van der Waals surface area (Å²) in [5.41, 5.74) is 12.6. The molecule has 5 nitrogen and oxygen atoms in total. The molecule has 0 aromatic carbocycles. The van der Waals surface area contributed by atoms with Crippen LogP contribution in [0.5, 0.6) is 0 Å². The average Bonchev–Trinajstić information content (AvgIpc) is 4.19. The van der Waals surface area contributed by atoms with E-state index in [4.69, 9.17) is 0 Å². The Morgan fingerprint density at radius 2 is 0.900 bits per heavy atom. The molecular formula is C65H99N5. The Balaban J connectivity index is 0. The van der Waals surface area contributed by atoms with Crippen molar-refractivity contribution in [3.8, 4) is 0 Å². The zero-order valence-corrected chi connectivity index (χ0v) is 48.0. The van der Waals surface area contributed by atoms with E-state index in [1.807, 2.05) is 91.3 Å². The Bertz CT molecular complexity index is 2380. The van der Waals surface area contributed by atoms with Crippen molar-refractivity contribution in [1.29, 1.82) is 0 Å². The molecule has 0 spiro atoms. The number of fused-ring (bicyclic) bond motifs is 3. The second-order valence-corrected chi connectivity index (χ2v) is 16.6. The summed E-state index contributed by atoms with van der Waals surface area (Å²) in [6.07, 6.45) is 24.3. The molecule has 6 aromatic rings. The van der Waals surface area contributed by atoms with E-state index in [0.29, 0.717) is 29.6 Å². The van der Waals surface area contributed by atoms with E-state index in [-0.39, 0.29) is 0 Å². The van der Waals surface area contributed by atoms with E-state index in [9.17, 15) is 0 Å². The van der Waals surface area contributed by atoms with E-state index in [1.54, 1.807) is 12.4 Å². The van der Waals surface area contributed by atoms with Crippen molar-refractivity contribution in [2.75, 3.05) is 0 Å². The Hall–Kier alpha value is -6.20. The molecule has 70 heavy (non-hydrogen) atoms. The van der Waals surface area contributed by atoms with E-state index in [1.165, 1.54) is 44.6 Å². The number of hydrogen-bond donors (Lipinski definition) is 0. The van der Waals surface area contributed by atoms with Crippen LogP contribution in [-0.2, 0) is 0 Å². The van der Waals surface area contributed by atoms with Crippen molar-refractivity contribution < 1.29 is 0 Å². The highest BCUT2D eigenvalue weighted by atomic mass is 15.1. The minimum Gasteiger partial charge on any atom is -0.325 e. The van der Waals surface area contributed by atoms with Gasteiger partial charge in [-0.05, 0) is 131 Å². The Morgan fingerprint density at radius 3 is 1.41 bits per heavy atom. The van der Waals surface area contributed by atoms with Crippen LogP contribution >= 0.6 is 0 Å². The van der Waals surface area contributed by atoms with Gasteiger partial charge in [0.25, 0.3) is 0 Å². The van der Waals surface area contributed by atoms with Crippen molar-refractivity contribution in [3.05, 3.63) is 225 Å². The lowest BCUT2D eigenvalue weighted by molar-refractivity contribution is 0.622. The van der Waals surface area contributed by atoms with Crippen molar-refractivity contribution in [3.63, 3.8) is 0 Å². The fourth-order valence-corrected chi connectivity index (χ4v) is 6.88. The maximum Gasteiger partial charge on any atom is 0.0484 e. The minimum atomic E-state index is 0.553. The van der Waals surface area contributed by atoms with Gasteiger partial charge in [0.2, 0.25) is 0 Å². The molecule has 6 aromatic heterocycles. The van der Waals surface area contributed by atoms with Crippen molar-refractivity contribution in [2.45, 2.75) is 156 Å². The standard InChI is InChI=1S/3C11H13N.2C11H15N.5C2H6/c1-9(2)10-5-3-7-12-8-4-6-11(10)12;1-9(2)11-7-3-5-10-6-4-8-12(10)11;1-9(2)11-7-6-10-5-3-4-8-12(10)11;1-5-12-7-6-11(9(2)3)8-10(12)4;1-5-12-8-11(9(2)3)7-6-10(12)4;5*1-2/h3*3-9H,1-2H3;2*5-9H,1,4H2,2-3H3;5*1-2H3. The number of aromatic nitrogens is 3. The Kier molecular flexibility index (Phi) is 35.4. The number of nitrogens with zero attached hydrogens (tertiary/aromatic N) is 5. The molecule has 0 aliphatic carbocycles.